The van der Waals surface area contributed by atoms with Crippen LogP contribution in [0.3, 0.4) is 0 Å². The first-order valence-corrected chi connectivity index (χ1v) is 17.7. The van der Waals surface area contributed by atoms with E-state index in [1.807, 2.05) is 6.08 Å². The van der Waals surface area contributed by atoms with Gasteiger partial charge in [-0.25, -0.2) is 0 Å². The minimum absolute atomic E-state index is 0.00151. The quantitative estimate of drug-likeness (QED) is 0.215. The van der Waals surface area contributed by atoms with Gasteiger partial charge in [0.2, 0.25) is 0 Å². The van der Waals surface area contributed by atoms with E-state index in [-0.39, 0.29) is 10.8 Å². The standard InChI is InChI=1S/C38H44OSi/c1-8-23-39-35-29-18-14-11-15-26(29)19-20-32(35)40(9-2,10-3)36-31-25-37(4,5)22-21-30(31)34-33(36)28-17-13-12-16-27(28)24-38(34,6)7/h8,11-20,24-25,36H,1,9-10,21-23H2,2-7H3. The molecule has 0 bridgehead atoms. The number of hydrogen-bond donors (Lipinski definition) is 0. The van der Waals surface area contributed by atoms with Gasteiger partial charge in [0.05, 0.1) is 0 Å². The van der Waals surface area contributed by atoms with E-state index >= 15 is 0 Å². The molecule has 3 aliphatic rings. The Balaban J connectivity index is 1.74. The number of hydrogen-bond acceptors (Lipinski definition) is 1. The molecule has 206 valence electrons. The van der Waals surface area contributed by atoms with Crippen LogP contribution in [-0.2, 0) is 0 Å². The molecule has 3 aliphatic carbocycles. The average molecular weight is 545 g/mol. The summed E-state index contributed by atoms with van der Waals surface area (Å²) in [5.74, 6) is 1.09. The number of fused-ring (bicyclic) bond motifs is 4. The number of allylic oxidation sites excluding steroid dienone is 4. The lowest BCUT2D eigenvalue weighted by atomic mass is 9.73. The van der Waals surface area contributed by atoms with Crippen molar-refractivity contribution < 1.29 is 4.74 Å². The highest BCUT2D eigenvalue weighted by molar-refractivity contribution is 6.95. The Morgan fingerprint density at radius 1 is 0.925 bits per heavy atom. The van der Waals surface area contributed by atoms with Crippen molar-refractivity contribution in [2.75, 3.05) is 6.61 Å². The van der Waals surface area contributed by atoms with E-state index < -0.39 is 8.07 Å². The fourth-order valence-electron chi connectivity index (χ4n) is 8.22. The fourth-order valence-corrected chi connectivity index (χ4v) is 13.4. The summed E-state index contributed by atoms with van der Waals surface area (Å²) in [6, 6.07) is 25.1. The van der Waals surface area contributed by atoms with Crippen LogP contribution in [0.2, 0.25) is 17.6 Å². The maximum atomic E-state index is 6.66. The van der Waals surface area contributed by atoms with Crippen LogP contribution in [0.15, 0.2) is 96.1 Å². The molecule has 0 saturated heterocycles. The second kappa shape index (κ2) is 9.77. The van der Waals surface area contributed by atoms with Gasteiger partial charge in [0.1, 0.15) is 20.4 Å². The van der Waals surface area contributed by atoms with E-state index in [1.54, 1.807) is 22.3 Å². The number of benzene rings is 3. The van der Waals surface area contributed by atoms with E-state index in [9.17, 15) is 0 Å². The molecular formula is C38H44OSi. The second-order valence-corrected chi connectivity index (χ2v) is 18.2. The third-order valence-electron chi connectivity index (χ3n) is 10.1. The molecule has 0 N–H and O–H groups in total. The first kappa shape index (κ1) is 27.1. The predicted octanol–water partition coefficient (Wildman–Crippen LogP) is 8.20. The van der Waals surface area contributed by atoms with E-state index in [4.69, 9.17) is 4.74 Å². The van der Waals surface area contributed by atoms with Crippen molar-refractivity contribution in [3.05, 3.63) is 107 Å². The number of rotatable bonds is 7. The maximum Gasteiger partial charge on any atom is 0.126 e. The Kier molecular flexibility index (Phi) is 6.61. The minimum Gasteiger partial charge on any atom is -0.489 e. The lowest BCUT2D eigenvalue weighted by molar-refractivity contribution is 0.370. The van der Waals surface area contributed by atoms with Gasteiger partial charge in [0.15, 0.2) is 0 Å². The predicted molar refractivity (Wildman–Crippen MR) is 175 cm³/mol. The summed E-state index contributed by atoms with van der Waals surface area (Å²) in [6.45, 7) is 19.2. The summed E-state index contributed by atoms with van der Waals surface area (Å²) in [5, 5.41) is 6.80. The smallest absolute Gasteiger partial charge is 0.126 e. The van der Waals surface area contributed by atoms with Gasteiger partial charge in [0.25, 0.3) is 0 Å². The molecule has 3 aromatic rings. The van der Waals surface area contributed by atoms with Crippen molar-refractivity contribution in [3.8, 4) is 5.75 Å². The fraction of sp³-hybridized carbons (Fsp3) is 0.368. The Morgan fingerprint density at radius 2 is 1.65 bits per heavy atom. The van der Waals surface area contributed by atoms with E-state index in [0.29, 0.717) is 12.1 Å². The van der Waals surface area contributed by atoms with Crippen LogP contribution >= 0.6 is 0 Å². The van der Waals surface area contributed by atoms with Gasteiger partial charge in [-0.3, -0.25) is 0 Å². The third kappa shape index (κ3) is 4.02. The summed E-state index contributed by atoms with van der Waals surface area (Å²) in [4.78, 5) is 0. The summed E-state index contributed by atoms with van der Waals surface area (Å²) >= 11 is 0. The molecule has 2 heteroatoms. The van der Waals surface area contributed by atoms with Crippen molar-refractivity contribution in [3.63, 3.8) is 0 Å². The molecule has 6 rings (SSSR count). The van der Waals surface area contributed by atoms with Crippen molar-refractivity contribution >= 4 is 35.7 Å². The van der Waals surface area contributed by atoms with Crippen LogP contribution in [0.4, 0.5) is 0 Å². The summed E-state index contributed by atoms with van der Waals surface area (Å²) < 4.78 is 6.66. The summed E-state index contributed by atoms with van der Waals surface area (Å²) in [5.41, 5.74) is 7.13. The van der Waals surface area contributed by atoms with Gasteiger partial charge in [-0.15, -0.1) is 0 Å². The molecular weight excluding hydrogens is 501 g/mol. The molecule has 0 saturated carbocycles. The second-order valence-electron chi connectivity index (χ2n) is 13.4. The SMILES string of the molecule is C=CCOc1c([Si](CC)(CC)C2C3=CC(C)(C)CCC3=C3C2=c2ccccc2=CC3(C)C)ccc2ccccc12. The van der Waals surface area contributed by atoms with E-state index in [0.717, 1.165) is 5.75 Å². The highest BCUT2D eigenvalue weighted by atomic mass is 28.3. The highest BCUT2D eigenvalue weighted by Gasteiger charge is 2.53. The Labute approximate surface area is 241 Å². The lowest BCUT2D eigenvalue weighted by Crippen LogP contribution is -2.53. The Hall–Kier alpha value is -3.10. The zero-order valence-electron chi connectivity index (χ0n) is 25.2. The van der Waals surface area contributed by atoms with Gasteiger partial charge in [0, 0.05) is 16.3 Å². The molecule has 1 nitrogen and oxygen atoms in total. The normalized spacial score (nSPS) is 20.8. The lowest BCUT2D eigenvalue weighted by Gasteiger charge is -2.42. The Bertz CT molecular complexity index is 1690. The van der Waals surface area contributed by atoms with E-state index in [1.165, 1.54) is 51.3 Å². The van der Waals surface area contributed by atoms with Gasteiger partial charge in [-0.2, -0.15) is 0 Å². The zero-order chi connectivity index (χ0) is 28.3. The van der Waals surface area contributed by atoms with Gasteiger partial charge in [-0.05, 0) is 61.6 Å². The summed E-state index contributed by atoms with van der Waals surface area (Å²) in [6.07, 6.45) is 9.48. The molecule has 0 heterocycles. The van der Waals surface area contributed by atoms with E-state index in [2.05, 4.69) is 121 Å². The van der Waals surface area contributed by atoms with Crippen LogP contribution in [0.25, 0.3) is 22.4 Å². The van der Waals surface area contributed by atoms with Crippen LogP contribution in [0, 0.1) is 10.8 Å². The summed E-state index contributed by atoms with van der Waals surface area (Å²) in [7, 11) is -2.23. The Morgan fingerprint density at radius 3 is 2.40 bits per heavy atom. The first-order chi connectivity index (χ1) is 19.2. The van der Waals surface area contributed by atoms with Gasteiger partial charge < -0.3 is 4.74 Å². The van der Waals surface area contributed by atoms with Crippen LogP contribution in [-0.4, -0.2) is 14.7 Å². The zero-order valence-corrected chi connectivity index (χ0v) is 26.2. The molecule has 1 atom stereocenters. The monoisotopic (exact) mass is 544 g/mol. The highest BCUT2D eigenvalue weighted by Crippen LogP contribution is 2.62. The number of ether oxygens (including phenoxy) is 1. The molecule has 3 aromatic carbocycles. The van der Waals surface area contributed by atoms with Gasteiger partial charge >= 0.3 is 0 Å². The average Bonchev–Trinajstić information content (AvgIpc) is 3.28. The topological polar surface area (TPSA) is 9.23 Å². The molecule has 0 fully saturated rings. The van der Waals surface area contributed by atoms with Crippen molar-refractivity contribution in [2.24, 2.45) is 10.8 Å². The van der Waals surface area contributed by atoms with Crippen LogP contribution < -0.4 is 20.4 Å². The van der Waals surface area contributed by atoms with Crippen molar-refractivity contribution in [2.45, 2.75) is 72.0 Å². The van der Waals surface area contributed by atoms with Gasteiger partial charge in [-0.1, -0.05) is 139 Å². The maximum absolute atomic E-state index is 6.66. The molecule has 0 spiro atoms. The molecule has 1 unspecified atom stereocenters. The van der Waals surface area contributed by atoms with Crippen LogP contribution in [0.1, 0.15) is 54.4 Å². The van der Waals surface area contributed by atoms with Crippen molar-refractivity contribution in [1.82, 2.24) is 0 Å². The minimum atomic E-state index is -2.23. The van der Waals surface area contributed by atoms with Crippen molar-refractivity contribution in [1.29, 1.82) is 0 Å². The molecule has 40 heavy (non-hydrogen) atoms. The molecule has 0 aromatic heterocycles. The molecule has 0 amide bonds. The van der Waals surface area contributed by atoms with Crippen LogP contribution in [0.5, 0.6) is 5.75 Å². The largest absolute Gasteiger partial charge is 0.489 e. The third-order valence-corrected chi connectivity index (χ3v) is 15.8. The first-order valence-electron chi connectivity index (χ1n) is 15.2. The molecule has 0 aliphatic heterocycles. The molecule has 0 radical (unpaired) electrons.